The Kier molecular flexibility index (Phi) is 11.9. The second-order valence-corrected chi connectivity index (χ2v) is 12.2. The summed E-state index contributed by atoms with van der Waals surface area (Å²) < 4.78 is 0. The van der Waals surface area contributed by atoms with Gasteiger partial charge in [0.25, 0.3) is 0 Å². The Hall–Kier alpha value is -3.64. The summed E-state index contributed by atoms with van der Waals surface area (Å²) in [4.78, 5) is 10.00. The second-order valence-electron chi connectivity index (χ2n) is 12.2. The minimum Gasteiger partial charge on any atom is -2.00 e. The van der Waals surface area contributed by atoms with Crippen molar-refractivity contribution >= 4 is 12.4 Å². The molecule has 0 spiro atoms. The smallest absolute Gasteiger partial charge is 2.00 e. The molecule has 0 aliphatic rings. The van der Waals surface area contributed by atoms with E-state index in [2.05, 4.69) is 0 Å². The van der Waals surface area contributed by atoms with Gasteiger partial charge in [0.05, 0.1) is 0 Å². The molecule has 0 bridgehead atoms. The number of rotatable bonds is 7. The Labute approximate surface area is 262 Å². The molecule has 0 amide bonds. The van der Waals surface area contributed by atoms with E-state index in [0.717, 1.165) is 22.3 Å². The van der Waals surface area contributed by atoms with Crippen molar-refractivity contribution in [1.82, 2.24) is 0 Å². The third-order valence-electron chi connectivity index (χ3n) is 7.04. The number of benzene rings is 4. The van der Waals surface area contributed by atoms with Crippen LogP contribution in [0.3, 0.4) is 0 Å². The van der Waals surface area contributed by atoms with Gasteiger partial charge in [-0.2, -0.15) is 0 Å². The summed E-state index contributed by atoms with van der Waals surface area (Å²) in [6.45, 7) is 12.2. The predicted molar refractivity (Wildman–Crippen MR) is 163 cm³/mol. The third-order valence-corrected chi connectivity index (χ3v) is 7.04. The normalized spacial score (nSPS) is 13.4. The van der Waals surface area contributed by atoms with Crippen molar-refractivity contribution in [2.24, 2.45) is 9.98 Å². The zero-order chi connectivity index (χ0) is 28.9. The second kappa shape index (κ2) is 14.5. The van der Waals surface area contributed by atoms with Gasteiger partial charge < -0.3 is 15.7 Å². The minimum atomic E-state index is -0.418. The average Bonchev–Trinajstić information content (AvgIpc) is 2.91. The SMILES string of the molecule is CC(C)(C)c1cccc(C=N[C@H](c2ccccc2)[C@@H](N=Cc2cccc(C(C)(C)C)c2[O-])c2ccccc2)c1[O-].[O-2].[V+4]. The molecule has 0 fully saturated rings. The summed E-state index contributed by atoms with van der Waals surface area (Å²) in [5.74, 6) is -0.0272. The molecule has 0 aliphatic heterocycles. The first kappa shape index (κ1) is 34.6. The van der Waals surface area contributed by atoms with E-state index >= 15 is 0 Å². The minimum absolute atomic E-state index is 0. The van der Waals surface area contributed by atoms with Crippen molar-refractivity contribution in [3.8, 4) is 11.5 Å². The zero-order valence-electron chi connectivity index (χ0n) is 25.1. The van der Waals surface area contributed by atoms with E-state index in [-0.39, 0.29) is 46.4 Å². The van der Waals surface area contributed by atoms with E-state index in [4.69, 9.17) is 9.98 Å². The molecule has 0 N–H and O–H groups in total. The molecule has 4 aromatic rings. The molecule has 42 heavy (non-hydrogen) atoms. The van der Waals surface area contributed by atoms with Crippen LogP contribution in [-0.4, -0.2) is 12.4 Å². The summed E-state index contributed by atoms with van der Waals surface area (Å²) >= 11 is 0. The van der Waals surface area contributed by atoms with Crippen LogP contribution < -0.4 is 10.2 Å². The molecule has 0 aliphatic carbocycles. The fraction of sp³-hybridized carbons (Fsp3) is 0.278. The third kappa shape index (κ3) is 8.22. The summed E-state index contributed by atoms with van der Waals surface area (Å²) in [6, 6.07) is 30.3. The first-order valence-electron chi connectivity index (χ1n) is 13.7. The Bertz CT molecular complexity index is 1370. The maximum atomic E-state index is 13.3. The molecule has 4 aromatic carbocycles. The molecule has 0 saturated carbocycles. The molecular formula is C36H38N2O3V. The number of nitrogens with zero attached hydrogens (tertiary/aromatic N) is 2. The van der Waals surface area contributed by atoms with Gasteiger partial charge >= 0.3 is 18.6 Å². The predicted octanol–water partition coefficient (Wildman–Crippen LogP) is 7.33. The Morgan fingerprint density at radius 2 is 0.857 bits per heavy atom. The monoisotopic (exact) mass is 597 g/mol. The van der Waals surface area contributed by atoms with Gasteiger partial charge in [0.15, 0.2) is 0 Å². The number of hydrogen-bond donors (Lipinski definition) is 0. The van der Waals surface area contributed by atoms with Crippen LogP contribution >= 0.6 is 0 Å². The van der Waals surface area contributed by atoms with Crippen LogP contribution in [0.15, 0.2) is 107 Å². The van der Waals surface area contributed by atoms with Gasteiger partial charge in [-0.05, 0) is 44.2 Å². The summed E-state index contributed by atoms with van der Waals surface area (Å²) in [5, 5.41) is 26.6. The molecule has 5 nitrogen and oxygen atoms in total. The molecule has 0 heterocycles. The molecular weight excluding hydrogens is 559 g/mol. The van der Waals surface area contributed by atoms with Crippen molar-refractivity contribution in [2.75, 3.05) is 0 Å². The van der Waals surface area contributed by atoms with Crippen molar-refractivity contribution in [2.45, 2.75) is 64.5 Å². The van der Waals surface area contributed by atoms with Crippen LogP contribution in [0.2, 0.25) is 0 Å². The van der Waals surface area contributed by atoms with Crippen LogP contribution in [0.25, 0.3) is 0 Å². The van der Waals surface area contributed by atoms with E-state index in [1.165, 1.54) is 0 Å². The van der Waals surface area contributed by atoms with Crippen molar-refractivity contribution in [3.63, 3.8) is 0 Å². The number of para-hydroxylation sites is 2. The standard InChI is InChI=1S/C36H40N2O2.O.V/c1-35(2,3)29-21-13-19-27(33(29)39)23-37-31(25-15-9-7-10-16-25)32(26-17-11-8-12-18-26)38-24-28-20-14-22-30(34(28)40)36(4,5)6;;/h7-24,31-32,39-40H,1-6H3;;/q;-2;+4/p-2/t31-,32+;;. The number of aliphatic imine (C=N–C) groups is 2. The van der Waals surface area contributed by atoms with Crippen LogP contribution in [0.1, 0.15) is 87.0 Å². The van der Waals surface area contributed by atoms with Crippen molar-refractivity contribution < 1.29 is 34.2 Å². The fourth-order valence-corrected chi connectivity index (χ4v) is 4.82. The summed E-state index contributed by atoms with van der Waals surface area (Å²) in [7, 11) is 0. The van der Waals surface area contributed by atoms with Gasteiger partial charge in [0.2, 0.25) is 0 Å². The topological polar surface area (TPSA) is 99.3 Å². The van der Waals surface area contributed by atoms with Gasteiger partial charge in [-0.1, -0.05) is 150 Å². The van der Waals surface area contributed by atoms with E-state index in [1.807, 2.05) is 139 Å². The quantitative estimate of drug-likeness (QED) is 0.208. The van der Waals surface area contributed by atoms with E-state index in [1.54, 1.807) is 12.4 Å². The molecule has 0 aromatic heterocycles. The van der Waals surface area contributed by atoms with Crippen molar-refractivity contribution in [1.29, 1.82) is 0 Å². The van der Waals surface area contributed by atoms with Gasteiger partial charge in [-0.25, -0.2) is 0 Å². The summed E-state index contributed by atoms with van der Waals surface area (Å²) in [5.41, 5.74) is 4.00. The van der Waals surface area contributed by atoms with Crippen LogP contribution in [-0.2, 0) is 34.9 Å². The van der Waals surface area contributed by atoms with Crippen LogP contribution in [0.4, 0.5) is 0 Å². The first-order chi connectivity index (χ1) is 19.0. The molecule has 0 saturated heterocycles. The largest absolute Gasteiger partial charge is 4.00 e. The van der Waals surface area contributed by atoms with Gasteiger partial charge in [0.1, 0.15) is 12.1 Å². The molecule has 6 heteroatoms. The van der Waals surface area contributed by atoms with E-state index in [0.29, 0.717) is 11.1 Å². The fourth-order valence-electron chi connectivity index (χ4n) is 4.82. The maximum Gasteiger partial charge on any atom is 4.00 e. The van der Waals surface area contributed by atoms with Gasteiger partial charge in [-0.3, -0.25) is 9.98 Å². The van der Waals surface area contributed by atoms with Crippen molar-refractivity contribution in [3.05, 3.63) is 130 Å². The average molecular weight is 598 g/mol. The maximum absolute atomic E-state index is 13.3. The number of hydrogen-bond acceptors (Lipinski definition) is 4. The Balaban J connectivity index is 0.00000308. The van der Waals surface area contributed by atoms with Crippen LogP contribution in [0.5, 0.6) is 11.5 Å². The van der Waals surface area contributed by atoms with E-state index in [9.17, 15) is 10.2 Å². The molecule has 2 atom stereocenters. The Morgan fingerprint density at radius 1 is 0.524 bits per heavy atom. The molecule has 4 rings (SSSR count). The Morgan fingerprint density at radius 3 is 1.17 bits per heavy atom. The molecule has 215 valence electrons. The zero-order valence-corrected chi connectivity index (χ0v) is 26.5. The van der Waals surface area contributed by atoms with Crippen LogP contribution in [0, 0.1) is 0 Å². The summed E-state index contributed by atoms with van der Waals surface area (Å²) in [6.07, 6.45) is 3.36. The molecule has 1 radical (unpaired) electrons. The first-order valence-corrected chi connectivity index (χ1v) is 13.7. The van der Waals surface area contributed by atoms with Gasteiger partial charge in [0, 0.05) is 12.4 Å². The molecule has 0 unspecified atom stereocenters. The van der Waals surface area contributed by atoms with Gasteiger partial charge in [-0.15, -0.1) is 0 Å². The van der Waals surface area contributed by atoms with E-state index < -0.39 is 12.1 Å².